The predicted molar refractivity (Wildman–Crippen MR) is 105 cm³/mol. The van der Waals surface area contributed by atoms with Gasteiger partial charge in [-0.1, -0.05) is 41.4 Å². The third kappa shape index (κ3) is 4.67. The number of piperazine rings is 1. The quantitative estimate of drug-likeness (QED) is 0.820. The Bertz CT molecular complexity index is 779. The lowest BCUT2D eigenvalue weighted by molar-refractivity contribution is -0.116. The van der Waals surface area contributed by atoms with E-state index < -0.39 is 0 Å². The van der Waals surface area contributed by atoms with Crippen LogP contribution in [0.3, 0.4) is 0 Å². The van der Waals surface area contributed by atoms with E-state index in [0.29, 0.717) is 34.4 Å². The summed E-state index contributed by atoms with van der Waals surface area (Å²) in [5.74, 6) is -0.301. The van der Waals surface area contributed by atoms with Gasteiger partial charge in [0.1, 0.15) is 5.82 Å². The molecule has 1 aliphatic heterocycles. The zero-order valence-electron chi connectivity index (χ0n) is 14.2. The van der Waals surface area contributed by atoms with Gasteiger partial charge in [-0.3, -0.25) is 9.69 Å². The third-order valence-electron chi connectivity index (χ3n) is 4.45. The fraction of sp³-hybridized carbons (Fsp3) is 0.316. The summed E-state index contributed by atoms with van der Waals surface area (Å²) < 4.78 is 13.9. The summed E-state index contributed by atoms with van der Waals surface area (Å²) in [6.45, 7) is 3.71. The Morgan fingerprint density at radius 1 is 1.04 bits per heavy atom. The molecule has 0 spiro atoms. The lowest BCUT2D eigenvalue weighted by Crippen LogP contribution is -2.47. The maximum atomic E-state index is 13.9. The number of rotatable bonds is 5. The molecule has 138 valence electrons. The first kappa shape index (κ1) is 19.0. The molecule has 0 saturated carbocycles. The Labute approximate surface area is 162 Å². The summed E-state index contributed by atoms with van der Waals surface area (Å²) in [7, 11) is 0. The zero-order chi connectivity index (χ0) is 18.5. The maximum absolute atomic E-state index is 13.9. The number of amides is 1. The Kier molecular flexibility index (Phi) is 6.35. The highest BCUT2D eigenvalue weighted by atomic mass is 35.5. The molecule has 0 aliphatic carbocycles. The van der Waals surface area contributed by atoms with Gasteiger partial charge in [0.2, 0.25) is 5.91 Å². The van der Waals surface area contributed by atoms with Gasteiger partial charge in [0.05, 0.1) is 21.4 Å². The number of nitrogens with zero attached hydrogens (tertiary/aromatic N) is 2. The number of hydrogen-bond donors (Lipinski definition) is 1. The maximum Gasteiger partial charge on any atom is 0.225 e. The molecule has 3 rings (SSSR count). The van der Waals surface area contributed by atoms with E-state index in [0.717, 1.165) is 26.2 Å². The van der Waals surface area contributed by atoms with Crippen molar-refractivity contribution in [2.24, 2.45) is 0 Å². The van der Waals surface area contributed by atoms with Crippen molar-refractivity contribution in [3.8, 4) is 0 Å². The van der Waals surface area contributed by atoms with Crippen molar-refractivity contribution >= 4 is 40.5 Å². The van der Waals surface area contributed by atoms with Gasteiger partial charge < -0.3 is 10.2 Å². The Hall–Kier alpha value is -1.82. The second kappa shape index (κ2) is 8.71. The monoisotopic (exact) mass is 395 g/mol. The minimum Gasteiger partial charge on any atom is -0.367 e. The van der Waals surface area contributed by atoms with Crippen molar-refractivity contribution in [3.63, 3.8) is 0 Å². The van der Waals surface area contributed by atoms with Crippen LogP contribution in [0.2, 0.25) is 10.0 Å². The van der Waals surface area contributed by atoms with Crippen molar-refractivity contribution in [2.45, 2.75) is 6.42 Å². The highest BCUT2D eigenvalue weighted by molar-refractivity contribution is 6.43. The summed E-state index contributed by atoms with van der Waals surface area (Å²) in [5, 5.41) is 3.55. The zero-order valence-corrected chi connectivity index (χ0v) is 15.7. The van der Waals surface area contributed by atoms with Crippen molar-refractivity contribution < 1.29 is 9.18 Å². The number of carbonyl (C=O) groups excluding carboxylic acids is 1. The van der Waals surface area contributed by atoms with E-state index in [4.69, 9.17) is 23.2 Å². The molecule has 1 aliphatic rings. The number of hydrogen-bond acceptors (Lipinski definition) is 3. The topological polar surface area (TPSA) is 35.6 Å². The molecule has 1 fully saturated rings. The second-order valence-corrected chi connectivity index (χ2v) is 6.96. The van der Waals surface area contributed by atoms with E-state index in [9.17, 15) is 9.18 Å². The first-order valence-corrected chi connectivity index (χ1v) is 9.26. The van der Waals surface area contributed by atoms with Gasteiger partial charge in [0.25, 0.3) is 0 Å². The Morgan fingerprint density at radius 3 is 2.50 bits per heavy atom. The molecular formula is C19H20Cl2FN3O. The number of halogens is 3. The number of nitrogens with one attached hydrogen (secondary N) is 1. The standard InChI is InChI=1S/C19H20Cl2FN3O/c20-14-4-3-6-16(19(14)21)23-18(26)8-9-24-10-12-25(13-11-24)17-7-2-1-5-15(17)22/h1-7H,8-13H2,(H,23,26). The van der Waals surface area contributed by atoms with E-state index in [2.05, 4.69) is 10.2 Å². The summed E-state index contributed by atoms with van der Waals surface area (Å²) in [6.07, 6.45) is 0.364. The number of para-hydroxylation sites is 1. The number of carbonyl (C=O) groups is 1. The summed E-state index contributed by atoms with van der Waals surface area (Å²) in [5.41, 5.74) is 1.16. The van der Waals surface area contributed by atoms with Crippen LogP contribution in [0.15, 0.2) is 42.5 Å². The van der Waals surface area contributed by atoms with Gasteiger partial charge in [-0.15, -0.1) is 0 Å². The minimum absolute atomic E-state index is 0.106. The number of anilines is 2. The van der Waals surface area contributed by atoms with Crippen LogP contribution >= 0.6 is 23.2 Å². The van der Waals surface area contributed by atoms with E-state index >= 15 is 0 Å². The first-order valence-electron chi connectivity index (χ1n) is 8.50. The average molecular weight is 396 g/mol. The van der Waals surface area contributed by atoms with Crippen molar-refractivity contribution in [1.29, 1.82) is 0 Å². The molecule has 1 amide bonds. The Morgan fingerprint density at radius 2 is 1.77 bits per heavy atom. The number of benzene rings is 2. The van der Waals surface area contributed by atoms with Crippen LogP contribution in [0.5, 0.6) is 0 Å². The lowest BCUT2D eigenvalue weighted by Gasteiger charge is -2.36. The van der Waals surface area contributed by atoms with Crippen molar-refractivity contribution in [2.75, 3.05) is 42.9 Å². The van der Waals surface area contributed by atoms with Crippen LogP contribution in [0.1, 0.15) is 6.42 Å². The minimum atomic E-state index is -0.196. The fourth-order valence-electron chi connectivity index (χ4n) is 2.99. The summed E-state index contributed by atoms with van der Waals surface area (Å²) in [4.78, 5) is 16.4. The smallest absolute Gasteiger partial charge is 0.225 e. The molecule has 0 radical (unpaired) electrons. The van der Waals surface area contributed by atoms with Crippen molar-refractivity contribution in [3.05, 3.63) is 58.3 Å². The predicted octanol–water partition coefficient (Wildman–Crippen LogP) is 4.28. The molecule has 0 aromatic heterocycles. The normalized spacial score (nSPS) is 15.1. The van der Waals surface area contributed by atoms with Gasteiger partial charge in [0.15, 0.2) is 0 Å². The SMILES string of the molecule is O=C(CCN1CCN(c2ccccc2F)CC1)Nc1cccc(Cl)c1Cl. The van der Waals surface area contributed by atoms with Crippen LogP contribution < -0.4 is 10.2 Å². The largest absolute Gasteiger partial charge is 0.367 e. The van der Waals surface area contributed by atoms with Crippen LogP contribution in [-0.2, 0) is 4.79 Å². The molecule has 2 aromatic carbocycles. The van der Waals surface area contributed by atoms with Gasteiger partial charge >= 0.3 is 0 Å². The van der Waals surface area contributed by atoms with Gasteiger partial charge in [0, 0.05) is 39.1 Å². The van der Waals surface area contributed by atoms with Crippen LogP contribution in [0.4, 0.5) is 15.8 Å². The third-order valence-corrected chi connectivity index (χ3v) is 5.27. The van der Waals surface area contributed by atoms with E-state index in [1.807, 2.05) is 11.0 Å². The first-order chi connectivity index (χ1) is 12.5. The second-order valence-electron chi connectivity index (χ2n) is 6.18. The van der Waals surface area contributed by atoms with Crippen molar-refractivity contribution in [1.82, 2.24) is 4.90 Å². The molecule has 7 heteroatoms. The molecule has 1 saturated heterocycles. The molecular weight excluding hydrogens is 376 g/mol. The summed E-state index contributed by atoms with van der Waals surface area (Å²) in [6, 6.07) is 12.0. The van der Waals surface area contributed by atoms with Crippen LogP contribution in [0, 0.1) is 5.82 Å². The fourth-order valence-corrected chi connectivity index (χ4v) is 3.34. The van der Waals surface area contributed by atoms with Crippen LogP contribution in [0.25, 0.3) is 0 Å². The molecule has 0 atom stereocenters. The highest BCUT2D eigenvalue weighted by Crippen LogP contribution is 2.29. The van der Waals surface area contributed by atoms with Gasteiger partial charge in [-0.2, -0.15) is 0 Å². The highest BCUT2D eigenvalue weighted by Gasteiger charge is 2.19. The molecule has 1 N–H and O–H groups in total. The van der Waals surface area contributed by atoms with E-state index in [1.165, 1.54) is 6.07 Å². The van der Waals surface area contributed by atoms with Gasteiger partial charge in [-0.05, 0) is 24.3 Å². The molecule has 26 heavy (non-hydrogen) atoms. The molecule has 0 bridgehead atoms. The van der Waals surface area contributed by atoms with E-state index in [-0.39, 0.29) is 11.7 Å². The molecule has 2 aromatic rings. The Balaban J connectivity index is 1.46. The molecule has 4 nitrogen and oxygen atoms in total. The summed E-state index contributed by atoms with van der Waals surface area (Å²) >= 11 is 12.0. The molecule has 0 unspecified atom stereocenters. The lowest BCUT2D eigenvalue weighted by atomic mass is 10.2. The van der Waals surface area contributed by atoms with E-state index in [1.54, 1.807) is 30.3 Å². The molecule has 1 heterocycles. The van der Waals surface area contributed by atoms with Crippen LogP contribution in [-0.4, -0.2) is 43.5 Å². The average Bonchev–Trinajstić information content (AvgIpc) is 2.65. The van der Waals surface area contributed by atoms with Gasteiger partial charge in [-0.25, -0.2) is 4.39 Å².